The molecule has 0 saturated heterocycles. The molecular weight excluding hydrogens is 442 g/mol. The van der Waals surface area contributed by atoms with Crippen LogP contribution in [0.5, 0.6) is 5.88 Å². The average Bonchev–Trinajstić information content (AvgIpc) is 3.27. The monoisotopic (exact) mass is 465 g/mol. The number of hydrogen-bond acceptors (Lipinski definition) is 4. The maximum absolute atomic E-state index is 13.5. The summed E-state index contributed by atoms with van der Waals surface area (Å²) in [7, 11) is 1.77. The van der Waals surface area contributed by atoms with E-state index in [9.17, 15) is 14.7 Å². The zero-order valence-electron chi connectivity index (χ0n) is 19.2. The van der Waals surface area contributed by atoms with Crippen molar-refractivity contribution in [2.75, 3.05) is 0 Å². The highest BCUT2D eigenvalue weighted by Gasteiger charge is 2.22. The van der Waals surface area contributed by atoms with Gasteiger partial charge in [0.15, 0.2) is 5.69 Å². The Balaban J connectivity index is 1.68. The summed E-state index contributed by atoms with van der Waals surface area (Å²) in [6.07, 6.45) is 1.26. The van der Waals surface area contributed by atoms with Crippen molar-refractivity contribution in [3.63, 3.8) is 0 Å². The van der Waals surface area contributed by atoms with Crippen LogP contribution in [0.3, 0.4) is 0 Å². The average molecular weight is 466 g/mol. The fourth-order valence-electron chi connectivity index (χ4n) is 4.06. The second-order valence-corrected chi connectivity index (χ2v) is 8.01. The third-order valence-electron chi connectivity index (χ3n) is 5.91. The number of benzene rings is 3. The molecule has 0 atom stereocenters. The van der Waals surface area contributed by atoms with E-state index in [1.807, 2.05) is 66.7 Å². The van der Waals surface area contributed by atoms with Crippen LogP contribution < -0.4 is 11.1 Å². The molecule has 0 spiro atoms. The molecule has 0 aliphatic heterocycles. The summed E-state index contributed by atoms with van der Waals surface area (Å²) in [5.74, 6) is -0.272. The van der Waals surface area contributed by atoms with Crippen molar-refractivity contribution in [3.8, 4) is 22.9 Å². The number of aliphatic imine (C=N–C) groups is 1. The van der Waals surface area contributed by atoms with E-state index in [0.717, 1.165) is 0 Å². The predicted molar refractivity (Wildman–Crippen MR) is 136 cm³/mol. The molecule has 2 heterocycles. The van der Waals surface area contributed by atoms with E-state index < -0.39 is 5.56 Å². The summed E-state index contributed by atoms with van der Waals surface area (Å²) in [5, 5.41) is 11.1. The van der Waals surface area contributed by atoms with Crippen molar-refractivity contribution in [3.05, 3.63) is 123 Å². The largest absolute Gasteiger partial charge is 0.493 e. The first kappa shape index (κ1) is 22.0. The van der Waals surface area contributed by atoms with Crippen LogP contribution in [0.15, 0.2) is 106 Å². The van der Waals surface area contributed by atoms with Gasteiger partial charge in [-0.1, -0.05) is 54.6 Å². The molecule has 8 heteroatoms. The second-order valence-electron chi connectivity index (χ2n) is 8.01. The lowest BCUT2D eigenvalue weighted by atomic mass is 10.3. The molecule has 8 nitrogen and oxygen atoms in total. The van der Waals surface area contributed by atoms with Gasteiger partial charge in [-0.3, -0.25) is 14.3 Å². The Morgan fingerprint density at radius 3 is 1.66 bits per heavy atom. The summed E-state index contributed by atoms with van der Waals surface area (Å²) in [6.45, 7) is 1.78. The van der Waals surface area contributed by atoms with Crippen molar-refractivity contribution in [2.24, 2.45) is 12.0 Å². The van der Waals surface area contributed by atoms with Crippen molar-refractivity contribution in [1.82, 2.24) is 18.7 Å². The van der Waals surface area contributed by atoms with Crippen LogP contribution in [0.1, 0.15) is 11.3 Å². The molecule has 0 radical (unpaired) electrons. The van der Waals surface area contributed by atoms with Crippen LogP contribution in [-0.2, 0) is 7.05 Å². The Bertz CT molecular complexity index is 1640. The summed E-state index contributed by atoms with van der Waals surface area (Å²) in [5.41, 5.74) is 1.90. The van der Waals surface area contributed by atoms with Crippen LogP contribution in [0.4, 0.5) is 5.69 Å². The lowest BCUT2D eigenvalue weighted by Gasteiger charge is -2.12. The highest BCUT2D eigenvalue weighted by molar-refractivity contribution is 5.85. The van der Waals surface area contributed by atoms with E-state index in [1.54, 1.807) is 42.9 Å². The van der Waals surface area contributed by atoms with Crippen LogP contribution in [0, 0.1) is 6.92 Å². The Hall–Kier alpha value is -4.85. The molecule has 0 aliphatic rings. The Morgan fingerprint density at radius 2 is 1.14 bits per heavy atom. The number of aromatic nitrogens is 4. The number of hydrogen-bond donors (Lipinski definition) is 1. The molecule has 35 heavy (non-hydrogen) atoms. The van der Waals surface area contributed by atoms with Gasteiger partial charge < -0.3 is 5.11 Å². The second kappa shape index (κ2) is 8.83. The van der Waals surface area contributed by atoms with Crippen molar-refractivity contribution < 1.29 is 5.11 Å². The molecule has 0 amide bonds. The van der Waals surface area contributed by atoms with Crippen LogP contribution in [0.2, 0.25) is 0 Å². The van der Waals surface area contributed by atoms with Crippen molar-refractivity contribution in [1.29, 1.82) is 0 Å². The van der Waals surface area contributed by atoms with E-state index in [-0.39, 0.29) is 22.7 Å². The normalized spacial score (nSPS) is 11.4. The third kappa shape index (κ3) is 3.71. The zero-order valence-corrected chi connectivity index (χ0v) is 19.2. The summed E-state index contributed by atoms with van der Waals surface area (Å²) in [4.78, 5) is 31.0. The molecule has 0 saturated carbocycles. The lowest BCUT2D eigenvalue weighted by molar-refractivity contribution is 0.425. The molecule has 2 aromatic heterocycles. The first-order chi connectivity index (χ1) is 17.0. The van der Waals surface area contributed by atoms with Gasteiger partial charge in [-0.2, -0.15) is 0 Å². The van der Waals surface area contributed by atoms with Gasteiger partial charge >= 0.3 is 0 Å². The van der Waals surface area contributed by atoms with Crippen LogP contribution in [-0.4, -0.2) is 30.0 Å². The molecule has 174 valence electrons. The highest BCUT2D eigenvalue weighted by Crippen LogP contribution is 2.23. The molecular formula is C27H23N5O3. The number of nitrogens with zero attached hydrogens (tertiary/aromatic N) is 5. The standard InChI is InChI=1S/C27H23N5O3/c1-19-24(27(35)30(29(19)2)20-12-6-3-7-13-20)28-18-23-25(33)31(21-14-8-4-9-15-21)32(26(23)34)22-16-10-5-11-17-22/h3-18,33H,1-2H3. The summed E-state index contributed by atoms with van der Waals surface area (Å²) in [6, 6.07) is 27.4. The van der Waals surface area contributed by atoms with Gasteiger partial charge in [-0.05, 0) is 43.3 Å². The minimum absolute atomic E-state index is 0.0216. The van der Waals surface area contributed by atoms with Gasteiger partial charge in [0.05, 0.1) is 22.8 Å². The molecule has 0 aliphatic carbocycles. The minimum atomic E-state index is -0.460. The Labute approximate surface area is 200 Å². The molecule has 5 aromatic rings. The number of aromatic hydroxyl groups is 1. The molecule has 5 rings (SSSR count). The quantitative estimate of drug-likeness (QED) is 0.400. The van der Waals surface area contributed by atoms with E-state index in [4.69, 9.17) is 0 Å². The smallest absolute Gasteiger partial charge is 0.297 e. The van der Waals surface area contributed by atoms with E-state index >= 15 is 0 Å². The van der Waals surface area contributed by atoms with Gasteiger partial charge in [0.1, 0.15) is 5.56 Å². The fourth-order valence-corrected chi connectivity index (χ4v) is 4.06. The fraction of sp³-hybridized carbons (Fsp3) is 0.0741. The van der Waals surface area contributed by atoms with Gasteiger partial charge in [-0.25, -0.2) is 19.0 Å². The minimum Gasteiger partial charge on any atom is -0.493 e. The van der Waals surface area contributed by atoms with Crippen LogP contribution >= 0.6 is 0 Å². The lowest BCUT2D eigenvalue weighted by Crippen LogP contribution is -2.21. The van der Waals surface area contributed by atoms with Crippen molar-refractivity contribution in [2.45, 2.75) is 6.92 Å². The van der Waals surface area contributed by atoms with Crippen molar-refractivity contribution >= 4 is 11.9 Å². The molecule has 0 bridgehead atoms. The maximum atomic E-state index is 13.5. The van der Waals surface area contributed by atoms with Gasteiger partial charge in [0.25, 0.3) is 11.1 Å². The zero-order chi connectivity index (χ0) is 24.5. The number of rotatable bonds is 5. The van der Waals surface area contributed by atoms with E-state index in [1.165, 1.54) is 20.3 Å². The maximum Gasteiger partial charge on any atom is 0.297 e. The topological polar surface area (TPSA) is 86.5 Å². The first-order valence-electron chi connectivity index (χ1n) is 11.0. The molecule has 0 fully saturated rings. The third-order valence-corrected chi connectivity index (χ3v) is 5.91. The number of para-hydroxylation sites is 3. The predicted octanol–water partition coefficient (Wildman–Crippen LogP) is 3.88. The van der Waals surface area contributed by atoms with E-state index in [0.29, 0.717) is 22.8 Å². The molecule has 1 N–H and O–H groups in total. The Morgan fingerprint density at radius 1 is 0.686 bits per heavy atom. The summed E-state index contributed by atoms with van der Waals surface area (Å²) >= 11 is 0. The van der Waals surface area contributed by atoms with Gasteiger partial charge in [-0.15, -0.1) is 0 Å². The highest BCUT2D eigenvalue weighted by atomic mass is 16.3. The van der Waals surface area contributed by atoms with Gasteiger partial charge in [0, 0.05) is 13.3 Å². The Kier molecular flexibility index (Phi) is 5.54. The summed E-state index contributed by atoms with van der Waals surface area (Å²) < 4.78 is 6.03. The van der Waals surface area contributed by atoms with Gasteiger partial charge in [0.2, 0.25) is 5.88 Å². The first-order valence-corrected chi connectivity index (χ1v) is 11.0. The SMILES string of the molecule is Cc1c(N=Cc2c(O)n(-c3ccccc3)n(-c3ccccc3)c2=O)c(=O)n(-c2ccccc2)n1C. The molecule has 0 unspecified atom stereocenters. The van der Waals surface area contributed by atoms with Crippen LogP contribution in [0.25, 0.3) is 17.1 Å². The molecule has 3 aromatic carbocycles. The van der Waals surface area contributed by atoms with E-state index in [2.05, 4.69) is 4.99 Å².